The molecule has 0 N–H and O–H groups in total. The number of hydrogen-bond acceptors (Lipinski definition) is 2. The highest BCUT2D eigenvalue weighted by atomic mass is 19.2. The van der Waals surface area contributed by atoms with E-state index in [4.69, 9.17) is 4.74 Å². The zero-order valence-corrected chi connectivity index (χ0v) is 13.5. The zero-order valence-electron chi connectivity index (χ0n) is 13.5. The first-order valence-corrected chi connectivity index (χ1v) is 7.36. The second-order valence-corrected chi connectivity index (χ2v) is 4.63. The number of halogens is 6. The molecule has 0 amide bonds. The standard InChI is InChI=1S/C9H9F3O.C8H7F3O/c1-2-5-13-7-4-3-6(10)8(11)9(7)12;1-2-12-8-6(10)4-3-5(9)7(8)11/h3-4H,2,5H2,1H3;3-4H,2H2,1H3. The predicted octanol–water partition coefficient (Wildman–Crippen LogP) is 5.40. The molecule has 0 fully saturated rings. The first kappa shape index (κ1) is 20.7. The molecule has 0 aliphatic rings. The van der Waals surface area contributed by atoms with Gasteiger partial charge in [-0.05, 0) is 37.6 Å². The van der Waals surface area contributed by atoms with Crippen LogP contribution in [0.1, 0.15) is 20.3 Å². The normalized spacial score (nSPS) is 10.1. The largest absolute Gasteiger partial charge is 0.490 e. The quantitative estimate of drug-likeness (QED) is 0.401. The van der Waals surface area contributed by atoms with Crippen LogP contribution in [0.2, 0.25) is 0 Å². The second-order valence-electron chi connectivity index (χ2n) is 4.63. The van der Waals surface area contributed by atoms with Gasteiger partial charge in [0.05, 0.1) is 13.2 Å². The average molecular weight is 366 g/mol. The molecule has 0 saturated carbocycles. The number of ether oxygens (including phenoxy) is 2. The summed E-state index contributed by atoms with van der Waals surface area (Å²) in [7, 11) is 0. The van der Waals surface area contributed by atoms with Crippen molar-refractivity contribution in [2.24, 2.45) is 0 Å². The number of rotatable bonds is 5. The maximum atomic E-state index is 12.8. The lowest BCUT2D eigenvalue weighted by molar-refractivity contribution is 0.291. The molecule has 2 aromatic rings. The molecular formula is C17H16F6O2. The van der Waals surface area contributed by atoms with Crippen molar-refractivity contribution in [3.63, 3.8) is 0 Å². The highest BCUT2D eigenvalue weighted by molar-refractivity contribution is 5.27. The van der Waals surface area contributed by atoms with Gasteiger partial charge in [0.1, 0.15) is 0 Å². The Morgan fingerprint density at radius 3 is 1.84 bits per heavy atom. The van der Waals surface area contributed by atoms with Crippen LogP contribution in [0.5, 0.6) is 11.5 Å². The van der Waals surface area contributed by atoms with E-state index in [0.29, 0.717) is 12.5 Å². The highest BCUT2D eigenvalue weighted by Crippen LogP contribution is 2.23. The van der Waals surface area contributed by atoms with Crippen molar-refractivity contribution >= 4 is 0 Å². The Morgan fingerprint density at radius 2 is 1.24 bits per heavy atom. The molecule has 0 saturated heterocycles. The van der Waals surface area contributed by atoms with Crippen LogP contribution in [0.3, 0.4) is 0 Å². The minimum atomic E-state index is -1.49. The molecule has 2 nitrogen and oxygen atoms in total. The minimum absolute atomic E-state index is 0.0945. The summed E-state index contributed by atoms with van der Waals surface area (Å²) in [6.07, 6.45) is 0.679. The molecule has 0 radical (unpaired) electrons. The van der Waals surface area contributed by atoms with E-state index in [9.17, 15) is 26.3 Å². The molecule has 2 rings (SSSR count). The molecular weight excluding hydrogens is 350 g/mol. The van der Waals surface area contributed by atoms with Crippen molar-refractivity contribution in [3.05, 3.63) is 59.2 Å². The monoisotopic (exact) mass is 366 g/mol. The van der Waals surface area contributed by atoms with E-state index in [0.717, 1.165) is 18.2 Å². The second kappa shape index (κ2) is 9.80. The van der Waals surface area contributed by atoms with Crippen molar-refractivity contribution in [2.45, 2.75) is 20.3 Å². The van der Waals surface area contributed by atoms with E-state index < -0.39 is 40.7 Å². The van der Waals surface area contributed by atoms with Gasteiger partial charge in [0.25, 0.3) is 0 Å². The molecule has 0 atom stereocenters. The van der Waals surface area contributed by atoms with Crippen LogP contribution < -0.4 is 9.47 Å². The van der Waals surface area contributed by atoms with Crippen LogP contribution in [-0.4, -0.2) is 13.2 Å². The molecule has 25 heavy (non-hydrogen) atoms. The van der Waals surface area contributed by atoms with Crippen LogP contribution in [-0.2, 0) is 0 Å². The third-order valence-corrected chi connectivity index (χ3v) is 2.75. The Bertz CT molecular complexity index is 706. The van der Waals surface area contributed by atoms with E-state index in [1.165, 1.54) is 0 Å². The van der Waals surface area contributed by atoms with Crippen LogP contribution >= 0.6 is 0 Å². The van der Waals surface area contributed by atoms with Crippen molar-refractivity contribution < 1.29 is 35.8 Å². The van der Waals surface area contributed by atoms with Gasteiger partial charge in [-0.25, -0.2) is 17.6 Å². The minimum Gasteiger partial charge on any atom is -0.490 e. The fourth-order valence-electron chi connectivity index (χ4n) is 1.62. The summed E-state index contributed by atoms with van der Waals surface area (Å²) in [6.45, 7) is 3.76. The van der Waals surface area contributed by atoms with Crippen LogP contribution in [0.25, 0.3) is 0 Å². The van der Waals surface area contributed by atoms with Gasteiger partial charge < -0.3 is 9.47 Å². The highest BCUT2D eigenvalue weighted by Gasteiger charge is 2.14. The van der Waals surface area contributed by atoms with E-state index in [2.05, 4.69) is 4.74 Å². The van der Waals surface area contributed by atoms with Gasteiger partial charge >= 0.3 is 0 Å². The summed E-state index contributed by atoms with van der Waals surface area (Å²) in [5, 5.41) is 0. The first-order chi connectivity index (χ1) is 11.8. The van der Waals surface area contributed by atoms with Crippen LogP contribution in [0.15, 0.2) is 24.3 Å². The van der Waals surface area contributed by atoms with Gasteiger partial charge in [-0.15, -0.1) is 0 Å². The lowest BCUT2D eigenvalue weighted by Crippen LogP contribution is -2.00. The van der Waals surface area contributed by atoms with Crippen molar-refractivity contribution in [3.8, 4) is 11.5 Å². The first-order valence-electron chi connectivity index (χ1n) is 7.36. The Kier molecular flexibility index (Phi) is 8.10. The van der Waals surface area contributed by atoms with E-state index in [1.807, 2.05) is 6.92 Å². The lowest BCUT2D eigenvalue weighted by Gasteiger charge is -2.05. The molecule has 0 aromatic heterocycles. The van der Waals surface area contributed by atoms with Gasteiger partial charge in [-0.2, -0.15) is 8.78 Å². The maximum Gasteiger partial charge on any atom is 0.203 e. The third kappa shape index (κ3) is 5.58. The van der Waals surface area contributed by atoms with E-state index in [-0.39, 0.29) is 19.0 Å². The molecule has 8 heteroatoms. The van der Waals surface area contributed by atoms with Gasteiger partial charge in [0.15, 0.2) is 34.8 Å². The lowest BCUT2D eigenvalue weighted by atomic mass is 10.3. The summed E-state index contributed by atoms with van der Waals surface area (Å²) in [5.74, 6) is -8.16. The molecule has 0 aliphatic heterocycles. The van der Waals surface area contributed by atoms with Gasteiger partial charge in [0, 0.05) is 0 Å². The van der Waals surface area contributed by atoms with Gasteiger partial charge in [-0.1, -0.05) is 6.92 Å². The molecule has 2 aromatic carbocycles. The van der Waals surface area contributed by atoms with Crippen molar-refractivity contribution in [1.82, 2.24) is 0 Å². The summed E-state index contributed by atoms with van der Waals surface area (Å²) in [6, 6.07) is 3.45. The summed E-state index contributed by atoms with van der Waals surface area (Å²) in [5.41, 5.74) is 0. The third-order valence-electron chi connectivity index (χ3n) is 2.75. The predicted molar refractivity (Wildman–Crippen MR) is 79.6 cm³/mol. The smallest absolute Gasteiger partial charge is 0.203 e. The molecule has 0 bridgehead atoms. The maximum absolute atomic E-state index is 12.8. The van der Waals surface area contributed by atoms with E-state index in [1.54, 1.807) is 6.92 Å². The fourth-order valence-corrected chi connectivity index (χ4v) is 1.62. The Hall–Kier alpha value is -2.38. The Balaban J connectivity index is 0.000000251. The SMILES string of the molecule is CCCOc1ccc(F)c(F)c1F.CCOc1c(F)ccc(F)c1F. The molecule has 138 valence electrons. The summed E-state index contributed by atoms with van der Waals surface area (Å²) < 4.78 is 85.1. The number of hydrogen-bond donors (Lipinski definition) is 0. The molecule has 0 heterocycles. The fraction of sp³-hybridized carbons (Fsp3) is 0.294. The van der Waals surface area contributed by atoms with Crippen molar-refractivity contribution in [2.75, 3.05) is 13.2 Å². The zero-order chi connectivity index (χ0) is 19.0. The van der Waals surface area contributed by atoms with Crippen LogP contribution in [0.4, 0.5) is 26.3 Å². The molecule has 0 spiro atoms. The van der Waals surface area contributed by atoms with Crippen LogP contribution in [0, 0.1) is 34.9 Å². The molecule has 0 aliphatic carbocycles. The summed E-state index contributed by atoms with van der Waals surface area (Å²) in [4.78, 5) is 0. The Morgan fingerprint density at radius 1 is 0.680 bits per heavy atom. The molecule has 0 unspecified atom stereocenters. The van der Waals surface area contributed by atoms with Gasteiger partial charge in [-0.3, -0.25) is 0 Å². The Labute approximate surface area is 141 Å². The van der Waals surface area contributed by atoms with Gasteiger partial charge in [0.2, 0.25) is 11.6 Å². The average Bonchev–Trinajstić information content (AvgIpc) is 2.60. The topological polar surface area (TPSA) is 18.5 Å². The number of benzene rings is 2. The summed E-state index contributed by atoms with van der Waals surface area (Å²) >= 11 is 0. The van der Waals surface area contributed by atoms with E-state index >= 15 is 0 Å². The van der Waals surface area contributed by atoms with Crippen molar-refractivity contribution in [1.29, 1.82) is 0 Å².